The fourth-order valence-corrected chi connectivity index (χ4v) is 1.86. The maximum atomic E-state index is 10.7. The van der Waals surface area contributed by atoms with Gasteiger partial charge in [0, 0.05) is 12.7 Å². The molecule has 0 aromatic heterocycles. The Bertz CT molecular complexity index is 410. The highest BCUT2D eigenvalue weighted by Gasteiger charge is 2.19. The van der Waals surface area contributed by atoms with E-state index in [-0.39, 0.29) is 22.3 Å². The van der Waals surface area contributed by atoms with E-state index in [0.29, 0.717) is 5.56 Å². The number of thioether (sulfide) groups is 1. The van der Waals surface area contributed by atoms with Gasteiger partial charge < -0.3 is 21.1 Å². The van der Waals surface area contributed by atoms with E-state index >= 15 is 0 Å². The topological polar surface area (TPSA) is 104 Å². The standard InChI is InChI=1S/C11H15NO4S/c1-6(13)17-5-10(15)11(16)7-2-3-9(14)8(12)4-7/h2-4,10-11,14-16H,5,12H2,1H3. The van der Waals surface area contributed by atoms with Crippen LogP contribution in [0.4, 0.5) is 5.69 Å². The highest BCUT2D eigenvalue weighted by atomic mass is 32.2. The van der Waals surface area contributed by atoms with Gasteiger partial charge in [0.1, 0.15) is 11.9 Å². The highest BCUT2D eigenvalue weighted by molar-refractivity contribution is 8.13. The van der Waals surface area contributed by atoms with E-state index in [1.165, 1.54) is 25.1 Å². The van der Waals surface area contributed by atoms with E-state index in [0.717, 1.165) is 11.8 Å². The molecule has 1 aromatic carbocycles. The van der Waals surface area contributed by atoms with Gasteiger partial charge in [-0.25, -0.2) is 0 Å². The van der Waals surface area contributed by atoms with Gasteiger partial charge in [-0.15, -0.1) is 0 Å². The predicted octanol–water partition coefficient (Wildman–Crippen LogP) is 0.648. The number of hydrogen-bond acceptors (Lipinski definition) is 6. The molecule has 0 bridgehead atoms. The first-order chi connectivity index (χ1) is 7.91. The first kappa shape index (κ1) is 13.8. The van der Waals surface area contributed by atoms with Crippen LogP contribution < -0.4 is 5.73 Å². The quantitative estimate of drug-likeness (QED) is 0.466. The number of carbonyl (C=O) groups excluding carboxylic acids is 1. The highest BCUT2D eigenvalue weighted by Crippen LogP contribution is 2.26. The number of phenols is 1. The number of hydrogen-bond donors (Lipinski definition) is 4. The Balaban J connectivity index is 2.70. The van der Waals surface area contributed by atoms with Crippen molar-refractivity contribution in [2.45, 2.75) is 19.1 Å². The van der Waals surface area contributed by atoms with E-state index in [2.05, 4.69) is 0 Å². The number of aromatic hydroxyl groups is 1. The van der Waals surface area contributed by atoms with Gasteiger partial charge >= 0.3 is 0 Å². The van der Waals surface area contributed by atoms with Crippen LogP contribution >= 0.6 is 11.8 Å². The maximum Gasteiger partial charge on any atom is 0.185 e. The summed E-state index contributed by atoms with van der Waals surface area (Å²) in [6, 6.07) is 4.21. The molecule has 0 amide bonds. The summed E-state index contributed by atoms with van der Waals surface area (Å²) in [5, 5.41) is 28.6. The van der Waals surface area contributed by atoms with Crippen LogP contribution in [0.15, 0.2) is 18.2 Å². The van der Waals surface area contributed by atoms with Gasteiger partial charge in [0.15, 0.2) is 5.12 Å². The molecule has 94 valence electrons. The van der Waals surface area contributed by atoms with Crippen LogP contribution in [-0.4, -0.2) is 32.3 Å². The maximum absolute atomic E-state index is 10.7. The van der Waals surface area contributed by atoms with Gasteiger partial charge in [0.05, 0.1) is 11.8 Å². The number of rotatable bonds is 4. The predicted molar refractivity (Wildman–Crippen MR) is 66.6 cm³/mol. The number of anilines is 1. The van der Waals surface area contributed by atoms with Crippen molar-refractivity contribution in [1.29, 1.82) is 0 Å². The SMILES string of the molecule is CC(=O)SCC(O)C(O)c1ccc(O)c(N)c1. The van der Waals surface area contributed by atoms with E-state index in [1.54, 1.807) is 0 Å². The fraction of sp³-hybridized carbons (Fsp3) is 0.364. The molecule has 2 atom stereocenters. The summed E-state index contributed by atoms with van der Waals surface area (Å²) >= 11 is 0.940. The Kier molecular flexibility index (Phi) is 4.80. The Morgan fingerprint density at radius 2 is 2.12 bits per heavy atom. The second kappa shape index (κ2) is 5.90. The average Bonchev–Trinajstić information content (AvgIpc) is 2.28. The smallest absolute Gasteiger partial charge is 0.185 e. The monoisotopic (exact) mass is 257 g/mol. The van der Waals surface area contributed by atoms with Crippen molar-refractivity contribution in [1.82, 2.24) is 0 Å². The minimum atomic E-state index is -1.13. The molecule has 6 heteroatoms. The van der Waals surface area contributed by atoms with Crippen LogP contribution in [0.1, 0.15) is 18.6 Å². The van der Waals surface area contributed by atoms with Crippen LogP contribution in [0.3, 0.4) is 0 Å². The molecule has 17 heavy (non-hydrogen) atoms. The Labute approximate surface area is 103 Å². The molecule has 0 heterocycles. The summed E-state index contributed by atoms with van der Waals surface area (Å²) in [6.07, 6.45) is -2.20. The molecule has 0 saturated carbocycles. The first-order valence-corrected chi connectivity index (χ1v) is 5.98. The van der Waals surface area contributed by atoms with Crippen molar-refractivity contribution in [2.24, 2.45) is 0 Å². The molecule has 0 aliphatic carbocycles. The number of phenolic OH excluding ortho intramolecular Hbond substituents is 1. The fourth-order valence-electron chi connectivity index (χ4n) is 1.27. The molecule has 1 aromatic rings. The Morgan fingerprint density at radius 1 is 1.47 bits per heavy atom. The molecular weight excluding hydrogens is 242 g/mol. The van der Waals surface area contributed by atoms with Crippen molar-refractivity contribution in [2.75, 3.05) is 11.5 Å². The average molecular weight is 257 g/mol. The summed E-state index contributed by atoms with van der Waals surface area (Å²) in [7, 11) is 0. The number of benzene rings is 1. The van der Waals surface area contributed by atoms with Crippen molar-refractivity contribution >= 4 is 22.6 Å². The van der Waals surface area contributed by atoms with Gasteiger partial charge in [0.25, 0.3) is 0 Å². The summed E-state index contributed by atoms with van der Waals surface area (Å²) < 4.78 is 0. The molecule has 0 fully saturated rings. The lowest BCUT2D eigenvalue weighted by molar-refractivity contribution is -0.109. The largest absolute Gasteiger partial charge is 0.506 e. The summed E-state index contributed by atoms with van der Waals surface area (Å²) in [6.45, 7) is 1.39. The molecule has 2 unspecified atom stereocenters. The van der Waals surface area contributed by atoms with Crippen LogP contribution in [0, 0.1) is 0 Å². The van der Waals surface area contributed by atoms with Crippen LogP contribution in [0.5, 0.6) is 5.75 Å². The molecule has 0 saturated heterocycles. The minimum Gasteiger partial charge on any atom is -0.506 e. The molecule has 0 aliphatic heterocycles. The third-order valence-corrected chi connectivity index (χ3v) is 3.13. The van der Waals surface area contributed by atoms with Crippen molar-refractivity contribution in [3.8, 4) is 5.75 Å². The number of nitrogens with two attached hydrogens (primary N) is 1. The second-order valence-electron chi connectivity index (χ2n) is 3.63. The van der Waals surface area contributed by atoms with Gasteiger partial charge in [-0.2, -0.15) is 0 Å². The molecule has 0 aliphatic rings. The number of nitrogen functional groups attached to an aromatic ring is 1. The van der Waals surface area contributed by atoms with Crippen LogP contribution in [0.2, 0.25) is 0 Å². The zero-order chi connectivity index (χ0) is 13.0. The van der Waals surface area contributed by atoms with E-state index < -0.39 is 12.2 Å². The minimum absolute atomic E-state index is 0.0754. The Morgan fingerprint density at radius 3 is 2.65 bits per heavy atom. The lowest BCUT2D eigenvalue weighted by Gasteiger charge is -2.17. The van der Waals surface area contributed by atoms with Crippen molar-refractivity contribution in [3.05, 3.63) is 23.8 Å². The lowest BCUT2D eigenvalue weighted by Crippen LogP contribution is -2.21. The van der Waals surface area contributed by atoms with Crippen molar-refractivity contribution in [3.63, 3.8) is 0 Å². The number of aliphatic hydroxyl groups excluding tert-OH is 2. The van der Waals surface area contributed by atoms with Crippen LogP contribution in [0.25, 0.3) is 0 Å². The molecule has 5 N–H and O–H groups in total. The molecule has 0 spiro atoms. The van der Waals surface area contributed by atoms with Gasteiger partial charge in [-0.1, -0.05) is 17.8 Å². The van der Waals surface area contributed by atoms with Gasteiger partial charge in [-0.05, 0) is 17.7 Å². The van der Waals surface area contributed by atoms with E-state index in [4.69, 9.17) is 5.73 Å². The normalized spacial score (nSPS) is 14.3. The van der Waals surface area contributed by atoms with E-state index in [9.17, 15) is 20.1 Å². The first-order valence-electron chi connectivity index (χ1n) is 4.99. The third-order valence-electron chi connectivity index (χ3n) is 2.21. The summed E-state index contributed by atoms with van der Waals surface area (Å²) in [5.74, 6) is 0.0330. The number of carbonyl (C=O) groups is 1. The van der Waals surface area contributed by atoms with Crippen LogP contribution in [-0.2, 0) is 4.79 Å². The lowest BCUT2D eigenvalue weighted by atomic mass is 10.0. The zero-order valence-corrected chi connectivity index (χ0v) is 10.1. The molecule has 0 radical (unpaired) electrons. The molecule has 5 nitrogen and oxygen atoms in total. The zero-order valence-electron chi connectivity index (χ0n) is 9.33. The molecular formula is C11H15NO4S. The summed E-state index contributed by atoms with van der Waals surface area (Å²) in [4.78, 5) is 10.7. The van der Waals surface area contributed by atoms with Gasteiger partial charge in [0.2, 0.25) is 0 Å². The number of aliphatic hydroxyl groups is 2. The van der Waals surface area contributed by atoms with Gasteiger partial charge in [-0.3, -0.25) is 4.79 Å². The van der Waals surface area contributed by atoms with Crippen molar-refractivity contribution < 1.29 is 20.1 Å². The molecule has 1 rings (SSSR count). The third kappa shape index (κ3) is 3.92. The second-order valence-corrected chi connectivity index (χ2v) is 4.83. The van der Waals surface area contributed by atoms with E-state index in [1.807, 2.05) is 0 Å². The Hall–Kier alpha value is -1.24. The summed E-state index contributed by atoms with van der Waals surface area (Å²) in [5.41, 5.74) is 6.01.